The van der Waals surface area contributed by atoms with Gasteiger partial charge >= 0.3 is 5.97 Å². The van der Waals surface area contributed by atoms with Gasteiger partial charge in [-0.1, -0.05) is 13.0 Å². The Bertz CT molecular complexity index is 896. The number of allylic oxidation sites excluding steroid dienone is 2. The highest BCUT2D eigenvalue weighted by Crippen LogP contribution is 2.59. The Morgan fingerprint density at radius 3 is 2.87 bits per heavy atom. The van der Waals surface area contributed by atoms with E-state index in [1.165, 1.54) is 5.57 Å². The molecule has 3 aliphatic rings. The van der Waals surface area contributed by atoms with Crippen LogP contribution in [0.25, 0.3) is 5.57 Å². The van der Waals surface area contributed by atoms with Crippen LogP contribution in [0.3, 0.4) is 0 Å². The van der Waals surface area contributed by atoms with E-state index < -0.39 is 11.1 Å². The number of rotatable bonds is 6. The van der Waals surface area contributed by atoms with E-state index in [4.69, 9.17) is 9.47 Å². The fraction of sp³-hybridized carbons (Fsp3) is 0.591. The SMILES string of the molecule is COc1cc2c(cc1O)CC[C@@H]1C2=CC[C@]2(C)[C@@H](OC(=O)CCO[N+](=O)[O-])CC[C@@H]12. The van der Waals surface area contributed by atoms with Crippen LogP contribution in [0.2, 0.25) is 0 Å². The van der Waals surface area contributed by atoms with Gasteiger partial charge in [-0.3, -0.25) is 4.79 Å². The van der Waals surface area contributed by atoms with Crippen molar-refractivity contribution in [1.82, 2.24) is 0 Å². The Balaban J connectivity index is 1.52. The number of hydrogen-bond donors (Lipinski definition) is 1. The molecule has 1 aromatic carbocycles. The van der Waals surface area contributed by atoms with Crippen LogP contribution < -0.4 is 4.74 Å². The molecule has 0 unspecified atom stereocenters. The summed E-state index contributed by atoms with van der Waals surface area (Å²) in [7, 11) is 1.56. The molecule has 3 aliphatic carbocycles. The average molecular weight is 417 g/mol. The highest BCUT2D eigenvalue weighted by atomic mass is 16.9. The molecular formula is C22H27NO7. The Morgan fingerprint density at radius 2 is 2.13 bits per heavy atom. The third kappa shape index (κ3) is 3.48. The summed E-state index contributed by atoms with van der Waals surface area (Å²) in [6.07, 6.45) is 6.41. The van der Waals surface area contributed by atoms with E-state index in [9.17, 15) is 20.0 Å². The number of carbonyl (C=O) groups excluding carboxylic acids is 1. The summed E-state index contributed by atoms with van der Waals surface area (Å²) in [4.78, 5) is 26.6. The first-order valence-corrected chi connectivity index (χ1v) is 10.4. The second kappa shape index (κ2) is 7.81. The van der Waals surface area contributed by atoms with Gasteiger partial charge in [0, 0.05) is 5.41 Å². The molecule has 0 radical (unpaired) electrons. The van der Waals surface area contributed by atoms with E-state index in [1.807, 2.05) is 12.1 Å². The zero-order chi connectivity index (χ0) is 21.5. The summed E-state index contributed by atoms with van der Waals surface area (Å²) in [6.45, 7) is 1.91. The topological polar surface area (TPSA) is 108 Å². The third-order valence-corrected chi connectivity index (χ3v) is 7.19. The average Bonchev–Trinajstić information content (AvgIpc) is 3.03. The number of aryl methyl sites for hydroxylation is 1. The van der Waals surface area contributed by atoms with Crippen molar-refractivity contribution in [3.05, 3.63) is 39.4 Å². The van der Waals surface area contributed by atoms with Gasteiger partial charge in [-0.2, -0.15) is 0 Å². The molecular weight excluding hydrogens is 390 g/mol. The van der Waals surface area contributed by atoms with Gasteiger partial charge in [-0.25, -0.2) is 0 Å². The number of carbonyl (C=O) groups is 1. The summed E-state index contributed by atoms with van der Waals surface area (Å²) in [5.41, 5.74) is 3.46. The lowest BCUT2D eigenvalue weighted by Crippen LogP contribution is -2.41. The summed E-state index contributed by atoms with van der Waals surface area (Å²) < 4.78 is 11.1. The summed E-state index contributed by atoms with van der Waals surface area (Å²) in [5, 5.41) is 19.5. The van der Waals surface area contributed by atoms with Crippen LogP contribution in [-0.2, 0) is 20.8 Å². The standard InChI is InChI=1S/C22H27NO7/c1-22-9-7-14-15(4-3-13-11-18(24)19(28-2)12-16(13)14)17(22)5-6-20(22)30-21(25)8-10-29-23(26)27/h7,11-12,15,17,20,24H,3-6,8-10H2,1-2H3/t15-,17+,20+,22+/m1/s1. The Morgan fingerprint density at radius 1 is 1.33 bits per heavy atom. The molecule has 8 heteroatoms. The van der Waals surface area contributed by atoms with E-state index >= 15 is 0 Å². The molecule has 1 fully saturated rings. The molecule has 0 saturated heterocycles. The predicted molar refractivity (Wildman–Crippen MR) is 107 cm³/mol. The fourth-order valence-corrected chi connectivity index (χ4v) is 5.71. The van der Waals surface area contributed by atoms with Gasteiger partial charge in [0.2, 0.25) is 0 Å². The molecule has 162 valence electrons. The molecule has 0 amide bonds. The molecule has 0 aliphatic heterocycles. The minimum atomic E-state index is -0.900. The van der Waals surface area contributed by atoms with Crippen LogP contribution in [0.5, 0.6) is 11.5 Å². The Hall–Kier alpha value is -2.77. The third-order valence-electron chi connectivity index (χ3n) is 7.19. The van der Waals surface area contributed by atoms with Crippen LogP contribution in [0.4, 0.5) is 0 Å². The largest absolute Gasteiger partial charge is 0.504 e. The molecule has 8 nitrogen and oxygen atoms in total. The highest BCUT2D eigenvalue weighted by Gasteiger charge is 2.54. The first kappa shape index (κ1) is 20.5. The van der Waals surface area contributed by atoms with Gasteiger partial charge in [0.25, 0.3) is 5.09 Å². The van der Waals surface area contributed by atoms with Crippen LogP contribution in [0.15, 0.2) is 18.2 Å². The summed E-state index contributed by atoms with van der Waals surface area (Å²) >= 11 is 0. The van der Waals surface area contributed by atoms with Gasteiger partial charge in [-0.15, -0.1) is 10.1 Å². The molecule has 1 saturated carbocycles. The summed E-state index contributed by atoms with van der Waals surface area (Å²) in [5.74, 6) is 0.988. The molecule has 0 heterocycles. The van der Waals surface area contributed by atoms with E-state index in [2.05, 4.69) is 17.8 Å². The summed E-state index contributed by atoms with van der Waals surface area (Å²) in [6, 6.07) is 3.75. The first-order chi connectivity index (χ1) is 14.3. The van der Waals surface area contributed by atoms with E-state index in [0.717, 1.165) is 43.2 Å². The molecule has 4 atom stereocenters. The number of benzene rings is 1. The second-order valence-electron chi connectivity index (χ2n) is 8.66. The van der Waals surface area contributed by atoms with Crippen LogP contribution in [0, 0.1) is 27.4 Å². The van der Waals surface area contributed by atoms with Crippen molar-refractivity contribution in [2.45, 2.75) is 51.6 Å². The number of fused-ring (bicyclic) bond motifs is 5. The lowest BCUT2D eigenvalue weighted by atomic mass is 9.60. The minimum absolute atomic E-state index is 0.126. The number of nitrogens with zero attached hydrogens (tertiary/aromatic N) is 1. The number of phenolic OH excluding ortho intramolecular Hbond substituents is 1. The lowest BCUT2D eigenvalue weighted by Gasteiger charge is -2.46. The van der Waals surface area contributed by atoms with Crippen molar-refractivity contribution < 1.29 is 29.3 Å². The van der Waals surface area contributed by atoms with Crippen LogP contribution in [-0.4, -0.2) is 36.0 Å². The van der Waals surface area contributed by atoms with Crippen molar-refractivity contribution >= 4 is 11.5 Å². The van der Waals surface area contributed by atoms with Gasteiger partial charge in [0.1, 0.15) is 12.7 Å². The van der Waals surface area contributed by atoms with Gasteiger partial charge < -0.3 is 19.4 Å². The maximum Gasteiger partial charge on any atom is 0.308 e. The van der Waals surface area contributed by atoms with Crippen molar-refractivity contribution in [3.8, 4) is 11.5 Å². The lowest BCUT2D eigenvalue weighted by molar-refractivity contribution is -0.757. The van der Waals surface area contributed by atoms with Crippen LogP contribution >= 0.6 is 0 Å². The number of aromatic hydroxyl groups is 1. The maximum atomic E-state index is 12.2. The number of esters is 1. The zero-order valence-electron chi connectivity index (χ0n) is 17.3. The molecule has 0 bridgehead atoms. The van der Waals surface area contributed by atoms with Gasteiger partial charge in [-0.05, 0) is 72.8 Å². The highest BCUT2D eigenvalue weighted by molar-refractivity contribution is 5.75. The Kier molecular flexibility index (Phi) is 5.34. The predicted octanol–water partition coefficient (Wildman–Crippen LogP) is 3.68. The minimum Gasteiger partial charge on any atom is -0.504 e. The van der Waals surface area contributed by atoms with Gasteiger partial charge in [0.15, 0.2) is 11.5 Å². The van der Waals surface area contributed by atoms with Crippen molar-refractivity contribution in [3.63, 3.8) is 0 Å². The van der Waals surface area contributed by atoms with Crippen molar-refractivity contribution in [1.29, 1.82) is 0 Å². The quantitative estimate of drug-likeness (QED) is 0.427. The van der Waals surface area contributed by atoms with Crippen LogP contribution in [0.1, 0.15) is 50.2 Å². The smallest absolute Gasteiger partial charge is 0.308 e. The first-order valence-electron chi connectivity index (χ1n) is 10.4. The van der Waals surface area contributed by atoms with Crippen molar-refractivity contribution in [2.75, 3.05) is 13.7 Å². The number of hydrogen-bond acceptors (Lipinski definition) is 7. The zero-order valence-corrected chi connectivity index (χ0v) is 17.3. The Labute approximate surface area is 174 Å². The maximum absolute atomic E-state index is 12.2. The van der Waals surface area contributed by atoms with E-state index in [1.54, 1.807) is 7.11 Å². The van der Waals surface area contributed by atoms with E-state index in [0.29, 0.717) is 17.6 Å². The molecule has 30 heavy (non-hydrogen) atoms. The number of phenols is 1. The number of ether oxygens (including phenoxy) is 2. The second-order valence-corrected chi connectivity index (χ2v) is 8.66. The fourth-order valence-electron chi connectivity index (χ4n) is 5.71. The molecule has 1 aromatic rings. The van der Waals surface area contributed by atoms with E-state index in [-0.39, 0.29) is 30.3 Å². The monoisotopic (exact) mass is 417 g/mol. The van der Waals surface area contributed by atoms with Gasteiger partial charge in [0.05, 0.1) is 13.5 Å². The molecule has 0 spiro atoms. The molecule has 1 N–H and O–H groups in total. The van der Waals surface area contributed by atoms with Crippen molar-refractivity contribution in [2.24, 2.45) is 17.3 Å². The number of methoxy groups -OCH3 is 1. The normalized spacial score (nSPS) is 29.1. The molecule has 0 aromatic heterocycles. The molecule has 4 rings (SSSR count).